The fourth-order valence-corrected chi connectivity index (χ4v) is 2.69. The first-order valence-corrected chi connectivity index (χ1v) is 8.83. The van der Waals surface area contributed by atoms with Crippen molar-refractivity contribution in [2.75, 3.05) is 44.7 Å². The Morgan fingerprint density at radius 1 is 1.20 bits per heavy atom. The van der Waals surface area contributed by atoms with Gasteiger partial charge in [-0.05, 0) is 44.4 Å². The van der Waals surface area contributed by atoms with Crippen molar-refractivity contribution in [1.29, 1.82) is 0 Å². The Labute approximate surface area is 147 Å². The van der Waals surface area contributed by atoms with Gasteiger partial charge in [0, 0.05) is 18.3 Å². The Balaban J connectivity index is 1.48. The summed E-state index contributed by atoms with van der Waals surface area (Å²) in [6.07, 6.45) is 2.49. The lowest BCUT2D eigenvalue weighted by Gasteiger charge is -2.21. The quantitative estimate of drug-likeness (QED) is 0.740. The fraction of sp³-hybridized carbons (Fsp3) is 0.556. The summed E-state index contributed by atoms with van der Waals surface area (Å²) in [5.74, 6) is 1.74. The number of nitrogens with zero attached hydrogens (tertiary/aromatic N) is 1. The van der Waals surface area contributed by atoms with Crippen molar-refractivity contribution in [3.05, 3.63) is 18.2 Å². The molecule has 0 aromatic heterocycles. The summed E-state index contributed by atoms with van der Waals surface area (Å²) >= 11 is 0. The maximum atomic E-state index is 12.2. The minimum atomic E-state index is -0.228. The van der Waals surface area contributed by atoms with E-state index in [1.54, 1.807) is 23.1 Å². The van der Waals surface area contributed by atoms with Crippen LogP contribution in [0.4, 0.5) is 5.69 Å². The molecular weight excluding hydrogens is 322 g/mol. The summed E-state index contributed by atoms with van der Waals surface area (Å²) < 4.78 is 11.0. The standard InChI is InChI=1S/C18H25N3O4/c1-2-21(18(23)11-19-10-13-3-4-13)12-17(22)20-14-5-6-15-16(9-14)25-8-7-24-15/h5-6,9,13,19H,2-4,7-8,10-12H2,1H3,(H,20,22). The molecule has 0 spiro atoms. The number of amides is 2. The van der Waals surface area contributed by atoms with Crippen LogP contribution < -0.4 is 20.1 Å². The summed E-state index contributed by atoms with van der Waals surface area (Å²) in [6.45, 7) is 4.59. The van der Waals surface area contributed by atoms with Crippen LogP contribution in [0, 0.1) is 5.92 Å². The van der Waals surface area contributed by atoms with Crippen LogP contribution in [0.3, 0.4) is 0 Å². The van der Waals surface area contributed by atoms with Crippen LogP contribution in [0.2, 0.25) is 0 Å². The van der Waals surface area contributed by atoms with Crippen molar-refractivity contribution in [2.24, 2.45) is 5.92 Å². The summed E-state index contributed by atoms with van der Waals surface area (Å²) in [5, 5.41) is 5.97. The molecule has 0 saturated heterocycles. The van der Waals surface area contributed by atoms with Gasteiger partial charge in [0.05, 0.1) is 13.1 Å². The zero-order valence-corrected chi connectivity index (χ0v) is 14.5. The van der Waals surface area contributed by atoms with E-state index in [0.29, 0.717) is 36.9 Å². The van der Waals surface area contributed by atoms with Gasteiger partial charge in [-0.15, -0.1) is 0 Å². The van der Waals surface area contributed by atoms with E-state index in [9.17, 15) is 9.59 Å². The zero-order chi connectivity index (χ0) is 17.6. The van der Waals surface area contributed by atoms with Gasteiger partial charge in [-0.3, -0.25) is 9.59 Å². The molecule has 0 bridgehead atoms. The first-order chi connectivity index (χ1) is 12.2. The molecule has 7 heteroatoms. The fourth-order valence-electron chi connectivity index (χ4n) is 2.69. The number of hydrogen-bond acceptors (Lipinski definition) is 5. The number of carbonyl (C=O) groups is 2. The van der Waals surface area contributed by atoms with Crippen LogP contribution in [0.1, 0.15) is 19.8 Å². The number of anilines is 1. The highest BCUT2D eigenvalue weighted by molar-refractivity contribution is 5.95. The summed E-state index contributed by atoms with van der Waals surface area (Å²) in [5.41, 5.74) is 0.629. The van der Waals surface area contributed by atoms with E-state index in [0.717, 1.165) is 12.5 Å². The Morgan fingerprint density at radius 3 is 2.68 bits per heavy atom. The smallest absolute Gasteiger partial charge is 0.243 e. The number of ether oxygens (including phenoxy) is 2. The molecule has 0 unspecified atom stereocenters. The highest BCUT2D eigenvalue weighted by atomic mass is 16.6. The number of hydrogen-bond donors (Lipinski definition) is 2. The van der Waals surface area contributed by atoms with E-state index in [1.165, 1.54) is 12.8 Å². The molecule has 1 heterocycles. The van der Waals surface area contributed by atoms with Crippen LogP contribution in [0.15, 0.2) is 18.2 Å². The molecule has 1 saturated carbocycles. The number of benzene rings is 1. The van der Waals surface area contributed by atoms with Gasteiger partial charge in [0.25, 0.3) is 0 Å². The topological polar surface area (TPSA) is 79.9 Å². The number of fused-ring (bicyclic) bond motifs is 1. The molecule has 1 aliphatic heterocycles. The maximum Gasteiger partial charge on any atom is 0.243 e. The van der Waals surface area contributed by atoms with Gasteiger partial charge in [-0.25, -0.2) is 0 Å². The third-order valence-electron chi connectivity index (χ3n) is 4.30. The van der Waals surface area contributed by atoms with Crippen LogP contribution in [-0.4, -0.2) is 56.1 Å². The van der Waals surface area contributed by atoms with Crippen LogP contribution in [-0.2, 0) is 9.59 Å². The van der Waals surface area contributed by atoms with E-state index in [2.05, 4.69) is 10.6 Å². The van der Waals surface area contributed by atoms with Gasteiger partial charge in [-0.2, -0.15) is 0 Å². The van der Waals surface area contributed by atoms with Crippen molar-refractivity contribution >= 4 is 17.5 Å². The second-order valence-electron chi connectivity index (χ2n) is 6.39. The third-order valence-corrected chi connectivity index (χ3v) is 4.30. The lowest BCUT2D eigenvalue weighted by molar-refractivity contribution is -0.133. The molecule has 7 nitrogen and oxygen atoms in total. The molecule has 2 N–H and O–H groups in total. The third kappa shape index (κ3) is 5.09. The average molecular weight is 347 g/mol. The summed E-state index contributed by atoms with van der Waals surface area (Å²) in [4.78, 5) is 26.0. The maximum absolute atomic E-state index is 12.2. The lowest BCUT2D eigenvalue weighted by atomic mass is 10.2. The molecule has 136 valence electrons. The molecule has 1 aromatic carbocycles. The highest BCUT2D eigenvalue weighted by Gasteiger charge is 2.22. The molecule has 0 radical (unpaired) electrons. The van der Waals surface area contributed by atoms with Gasteiger partial charge < -0.3 is 25.0 Å². The molecule has 3 rings (SSSR count). The van der Waals surface area contributed by atoms with Crippen molar-refractivity contribution in [3.63, 3.8) is 0 Å². The largest absolute Gasteiger partial charge is 0.486 e. The van der Waals surface area contributed by atoms with Crippen LogP contribution in [0.25, 0.3) is 0 Å². The van der Waals surface area contributed by atoms with Gasteiger partial charge in [0.15, 0.2) is 11.5 Å². The lowest BCUT2D eigenvalue weighted by Crippen LogP contribution is -2.42. The molecule has 1 fully saturated rings. The first-order valence-electron chi connectivity index (χ1n) is 8.83. The summed E-state index contributed by atoms with van der Waals surface area (Å²) in [7, 11) is 0. The van der Waals surface area contributed by atoms with Crippen molar-refractivity contribution < 1.29 is 19.1 Å². The number of rotatable bonds is 8. The molecule has 2 amide bonds. The van der Waals surface area contributed by atoms with Crippen LogP contribution in [0.5, 0.6) is 11.5 Å². The van der Waals surface area contributed by atoms with Gasteiger partial charge in [0.1, 0.15) is 13.2 Å². The van der Waals surface area contributed by atoms with Crippen molar-refractivity contribution in [1.82, 2.24) is 10.2 Å². The zero-order valence-electron chi connectivity index (χ0n) is 14.5. The monoisotopic (exact) mass is 347 g/mol. The minimum Gasteiger partial charge on any atom is -0.486 e. The SMILES string of the molecule is CCN(CC(=O)Nc1ccc2c(c1)OCCO2)C(=O)CNCC1CC1. The number of nitrogens with one attached hydrogen (secondary N) is 2. The van der Waals surface area contributed by atoms with Gasteiger partial charge in [-0.1, -0.05) is 0 Å². The summed E-state index contributed by atoms with van der Waals surface area (Å²) in [6, 6.07) is 5.27. The van der Waals surface area contributed by atoms with E-state index < -0.39 is 0 Å². The van der Waals surface area contributed by atoms with Crippen molar-refractivity contribution in [2.45, 2.75) is 19.8 Å². The predicted molar refractivity (Wildman–Crippen MR) is 93.9 cm³/mol. The Hall–Kier alpha value is -2.28. The first kappa shape index (κ1) is 17.5. The van der Waals surface area contributed by atoms with E-state index in [-0.39, 0.29) is 24.9 Å². The van der Waals surface area contributed by atoms with E-state index in [4.69, 9.17) is 9.47 Å². The van der Waals surface area contributed by atoms with E-state index >= 15 is 0 Å². The average Bonchev–Trinajstić information content (AvgIpc) is 3.43. The Bertz CT molecular complexity index is 631. The second kappa shape index (κ2) is 8.20. The molecule has 1 aromatic rings. The molecule has 25 heavy (non-hydrogen) atoms. The highest BCUT2D eigenvalue weighted by Crippen LogP contribution is 2.32. The molecule has 0 atom stereocenters. The van der Waals surface area contributed by atoms with Crippen molar-refractivity contribution in [3.8, 4) is 11.5 Å². The molecule has 2 aliphatic rings. The Morgan fingerprint density at radius 2 is 1.96 bits per heavy atom. The van der Waals surface area contributed by atoms with Crippen LogP contribution >= 0.6 is 0 Å². The second-order valence-corrected chi connectivity index (χ2v) is 6.39. The number of carbonyl (C=O) groups excluding carboxylic acids is 2. The number of likely N-dealkylation sites (N-methyl/N-ethyl adjacent to an activating group) is 1. The molecular formula is C18H25N3O4. The van der Waals surface area contributed by atoms with Gasteiger partial charge >= 0.3 is 0 Å². The minimum absolute atomic E-state index is 0.0366. The van der Waals surface area contributed by atoms with Gasteiger partial charge in [0.2, 0.25) is 11.8 Å². The molecule has 1 aliphatic carbocycles. The van der Waals surface area contributed by atoms with E-state index in [1.807, 2.05) is 6.92 Å². The normalized spacial score (nSPS) is 15.6. The predicted octanol–water partition coefficient (Wildman–Crippen LogP) is 1.24. The Kier molecular flexibility index (Phi) is 5.75.